The molecule has 1 aromatic rings. The van der Waals surface area contributed by atoms with Crippen LogP contribution < -0.4 is 10.6 Å². The van der Waals surface area contributed by atoms with Crippen molar-refractivity contribution in [2.45, 2.75) is 26.7 Å². The molecule has 0 aliphatic carbocycles. The smallest absolute Gasteiger partial charge is 0.131 e. The SMILES string of the molecule is CCCOCCCNc1cc(NC)nc(C)n1. The lowest BCUT2D eigenvalue weighted by atomic mass is 10.4. The molecule has 0 amide bonds. The lowest BCUT2D eigenvalue weighted by Crippen LogP contribution is -2.09. The van der Waals surface area contributed by atoms with E-state index in [4.69, 9.17) is 4.74 Å². The van der Waals surface area contributed by atoms with Gasteiger partial charge in [0.1, 0.15) is 17.5 Å². The molecule has 0 aliphatic heterocycles. The van der Waals surface area contributed by atoms with Gasteiger partial charge in [-0.15, -0.1) is 0 Å². The zero-order valence-corrected chi connectivity index (χ0v) is 10.9. The summed E-state index contributed by atoms with van der Waals surface area (Å²) in [4.78, 5) is 8.55. The van der Waals surface area contributed by atoms with Crippen LogP contribution in [0.4, 0.5) is 11.6 Å². The van der Waals surface area contributed by atoms with Gasteiger partial charge in [0.15, 0.2) is 0 Å². The highest BCUT2D eigenvalue weighted by Crippen LogP contribution is 2.09. The largest absolute Gasteiger partial charge is 0.381 e. The average molecular weight is 238 g/mol. The number of ether oxygens (including phenoxy) is 1. The van der Waals surface area contributed by atoms with Crippen molar-refractivity contribution in [3.05, 3.63) is 11.9 Å². The van der Waals surface area contributed by atoms with Gasteiger partial charge in [0.05, 0.1) is 0 Å². The first-order chi connectivity index (χ1) is 8.26. The van der Waals surface area contributed by atoms with E-state index < -0.39 is 0 Å². The summed E-state index contributed by atoms with van der Waals surface area (Å²) in [5.74, 6) is 2.46. The van der Waals surface area contributed by atoms with Gasteiger partial charge >= 0.3 is 0 Å². The second kappa shape index (κ2) is 7.84. The molecule has 2 N–H and O–H groups in total. The molecule has 17 heavy (non-hydrogen) atoms. The number of nitrogens with one attached hydrogen (secondary N) is 2. The van der Waals surface area contributed by atoms with Crippen molar-refractivity contribution in [2.24, 2.45) is 0 Å². The van der Waals surface area contributed by atoms with E-state index in [1.54, 1.807) is 0 Å². The van der Waals surface area contributed by atoms with Crippen molar-refractivity contribution in [3.63, 3.8) is 0 Å². The highest BCUT2D eigenvalue weighted by Gasteiger charge is 1.99. The Hall–Kier alpha value is -1.36. The zero-order chi connectivity index (χ0) is 12.5. The second-order valence-corrected chi connectivity index (χ2v) is 3.83. The van der Waals surface area contributed by atoms with Crippen LogP contribution in [-0.4, -0.2) is 36.8 Å². The van der Waals surface area contributed by atoms with E-state index in [0.717, 1.165) is 50.1 Å². The average Bonchev–Trinajstić information content (AvgIpc) is 2.33. The molecule has 0 fully saturated rings. The van der Waals surface area contributed by atoms with Crippen LogP contribution in [0.25, 0.3) is 0 Å². The van der Waals surface area contributed by atoms with E-state index in [1.807, 2.05) is 20.0 Å². The number of rotatable bonds is 8. The van der Waals surface area contributed by atoms with E-state index in [-0.39, 0.29) is 0 Å². The summed E-state index contributed by atoms with van der Waals surface area (Å²) in [6.07, 6.45) is 2.06. The van der Waals surface area contributed by atoms with Crippen molar-refractivity contribution in [2.75, 3.05) is 37.4 Å². The fraction of sp³-hybridized carbons (Fsp3) is 0.667. The first-order valence-electron chi connectivity index (χ1n) is 6.11. The van der Waals surface area contributed by atoms with Crippen molar-refractivity contribution < 1.29 is 4.74 Å². The summed E-state index contributed by atoms with van der Waals surface area (Å²) in [7, 11) is 1.85. The molecule has 1 aromatic heterocycles. The summed E-state index contributed by atoms with van der Waals surface area (Å²) >= 11 is 0. The van der Waals surface area contributed by atoms with E-state index in [1.165, 1.54) is 0 Å². The maximum atomic E-state index is 5.40. The van der Waals surface area contributed by atoms with Crippen LogP contribution in [0.15, 0.2) is 6.07 Å². The van der Waals surface area contributed by atoms with Crippen LogP contribution in [0, 0.1) is 6.92 Å². The number of hydrogen-bond acceptors (Lipinski definition) is 5. The molecule has 5 nitrogen and oxygen atoms in total. The fourth-order valence-electron chi connectivity index (χ4n) is 1.42. The Morgan fingerprint density at radius 1 is 1.24 bits per heavy atom. The maximum Gasteiger partial charge on any atom is 0.131 e. The van der Waals surface area contributed by atoms with E-state index in [0.29, 0.717) is 0 Å². The zero-order valence-electron chi connectivity index (χ0n) is 10.9. The quantitative estimate of drug-likeness (QED) is 0.679. The molecule has 0 spiro atoms. The van der Waals surface area contributed by atoms with Crippen LogP contribution in [-0.2, 0) is 4.74 Å². The minimum atomic E-state index is 0.765. The predicted octanol–water partition coefficient (Wildman–Crippen LogP) is 2.06. The minimum Gasteiger partial charge on any atom is -0.381 e. The molecule has 1 rings (SSSR count). The molecule has 0 saturated carbocycles. The summed E-state index contributed by atoms with van der Waals surface area (Å²) < 4.78 is 5.40. The molecule has 5 heteroatoms. The van der Waals surface area contributed by atoms with Crippen molar-refractivity contribution in [1.29, 1.82) is 0 Å². The van der Waals surface area contributed by atoms with E-state index >= 15 is 0 Å². The molecule has 0 bridgehead atoms. The van der Waals surface area contributed by atoms with E-state index in [9.17, 15) is 0 Å². The van der Waals surface area contributed by atoms with Crippen LogP contribution in [0.2, 0.25) is 0 Å². The number of nitrogens with zero attached hydrogens (tertiary/aromatic N) is 2. The Labute approximate surface area is 103 Å². The van der Waals surface area contributed by atoms with Gasteiger partial charge in [-0.1, -0.05) is 6.92 Å². The first kappa shape index (κ1) is 13.7. The summed E-state index contributed by atoms with van der Waals surface area (Å²) in [5.41, 5.74) is 0. The molecule has 96 valence electrons. The lowest BCUT2D eigenvalue weighted by Gasteiger charge is -2.08. The number of hydrogen-bond donors (Lipinski definition) is 2. The summed E-state index contributed by atoms with van der Waals surface area (Å²) in [6, 6.07) is 1.90. The molecule has 0 aromatic carbocycles. The van der Waals surface area contributed by atoms with Crippen LogP contribution in [0.3, 0.4) is 0 Å². The van der Waals surface area contributed by atoms with Gasteiger partial charge in [-0.2, -0.15) is 0 Å². The third kappa shape index (κ3) is 5.49. The molecule has 1 heterocycles. The number of aryl methyl sites for hydroxylation is 1. The molecular weight excluding hydrogens is 216 g/mol. The van der Waals surface area contributed by atoms with Crippen LogP contribution in [0.5, 0.6) is 0 Å². The van der Waals surface area contributed by atoms with Crippen LogP contribution in [0.1, 0.15) is 25.6 Å². The standard InChI is InChI=1S/C12H22N4O/c1-4-7-17-8-5-6-14-12-9-11(13-3)15-10(2)16-12/h9H,4-8H2,1-3H3,(H2,13,14,15,16). The molecule has 0 radical (unpaired) electrons. The highest BCUT2D eigenvalue weighted by molar-refractivity contribution is 5.46. The predicted molar refractivity (Wildman–Crippen MR) is 70.5 cm³/mol. The highest BCUT2D eigenvalue weighted by atomic mass is 16.5. The Bertz CT molecular complexity index is 330. The lowest BCUT2D eigenvalue weighted by molar-refractivity contribution is 0.134. The Morgan fingerprint density at radius 3 is 2.71 bits per heavy atom. The molecule has 0 aliphatic rings. The monoisotopic (exact) mass is 238 g/mol. The number of anilines is 2. The van der Waals surface area contributed by atoms with Gasteiger partial charge in [-0.05, 0) is 19.8 Å². The van der Waals surface area contributed by atoms with Gasteiger partial charge in [-0.3, -0.25) is 0 Å². The molecule has 0 atom stereocenters. The maximum absolute atomic E-state index is 5.40. The van der Waals surface area contributed by atoms with Crippen molar-refractivity contribution >= 4 is 11.6 Å². The third-order valence-corrected chi connectivity index (χ3v) is 2.21. The molecular formula is C12H22N4O. The Balaban J connectivity index is 2.28. The number of aromatic nitrogens is 2. The summed E-state index contributed by atoms with van der Waals surface area (Å²) in [6.45, 7) is 6.50. The molecule has 0 saturated heterocycles. The first-order valence-corrected chi connectivity index (χ1v) is 6.11. The van der Waals surface area contributed by atoms with Gasteiger partial charge < -0.3 is 15.4 Å². The summed E-state index contributed by atoms with van der Waals surface area (Å²) in [5, 5.41) is 6.28. The van der Waals surface area contributed by atoms with Gasteiger partial charge in [0, 0.05) is 32.9 Å². The fourth-order valence-corrected chi connectivity index (χ4v) is 1.42. The van der Waals surface area contributed by atoms with Crippen molar-refractivity contribution in [1.82, 2.24) is 9.97 Å². The second-order valence-electron chi connectivity index (χ2n) is 3.83. The van der Waals surface area contributed by atoms with Gasteiger partial charge in [0.25, 0.3) is 0 Å². The minimum absolute atomic E-state index is 0.765. The Morgan fingerprint density at radius 2 is 2.00 bits per heavy atom. The topological polar surface area (TPSA) is 59.1 Å². The van der Waals surface area contributed by atoms with Gasteiger partial charge in [-0.25, -0.2) is 9.97 Å². The van der Waals surface area contributed by atoms with Crippen molar-refractivity contribution in [3.8, 4) is 0 Å². The van der Waals surface area contributed by atoms with E-state index in [2.05, 4.69) is 27.5 Å². The Kier molecular flexibility index (Phi) is 6.32. The normalized spacial score (nSPS) is 10.3. The molecule has 0 unspecified atom stereocenters. The third-order valence-electron chi connectivity index (χ3n) is 2.21. The van der Waals surface area contributed by atoms with Crippen LogP contribution >= 0.6 is 0 Å². The van der Waals surface area contributed by atoms with Gasteiger partial charge in [0.2, 0.25) is 0 Å².